The van der Waals surface area contributed by atoms with Crippen molar-refractivity contribution >= 4 is 39.3 Å². The molecule has 1 aromatic heterocycles. The second-order valence-corrected chi connectivity index (χ2v) is 10.7. The van der Waals surface area contributed by atoms with Gasteiger partial charge in [-0.1, -0.05) is 72.8 Å². The van der Waals surface area contributed by atoms with E-state index in [1.54, 1.807) is 12.4 Å². The highest BCUT2D eigenvalue weighted by Crippen LogP contribution is 2.25. The lowest BCUT2D eigenvalue weighted by atomic mass is 9.98. The molecule has 4 aromatic carbocycles. The van der Waals surface area contributed by atoms with Crippen LogP contribution in [0.2, 0.25) is 0 Å². The van der Waals surface area contributed by atoms with E-state index in [1.165, 1.54) is 0 Å². The van der Waals surface area contributed by atoms with Gasteiger partial charge in [0.1, 0.15) is 11.9 Å². The number of aromatic nitrogens is 2. The Morgan fingerprint density at radius 1 is 0.886 bits per heavy atom. The number of rotatable bonds is 13. The summed E-state index contributed by atoms with van der Waals surface area (Å²) in [6.45, 7) is 3.50. The van der Waals surface area contributed by atoms with Crippen molar-refractivity contribution in [3.63, 3.8) is 0 Å². The first-order valence-electron chi connectivity index (χ1n) is 14.7. The Bertz CT molecular complexity index is 1760. The van der Waals surface area contributed by atoms with Gasteiger partial charge in [-0.3, -0.25) is 14.6 Å². The van der Waals surface area contributed by atoms with E-state index in [0.29, 0.717) is 38.0 Å². The number of benzene rings is 4. The number of H-pyrrole nitrogens is 1. The molecule has 0 spiro atoms. The number of hydrogen-bond donors (Lipinski definition) is 6. The molecule has 2 amide bonds. The lowest BCUT2D eigenvalue weighted by Gasteiger charge is -2.23. The summed E-state index contributed by atoms with van der Waals surface area (Å²) in [7, 11) is 0. The predicted molar refractivity (Wildman–Crippen MR) is 175 cm³/mol. The summed E-state index contributed by atoms with van der Waals surface area (Å²) in [5, 5.41) is 13.5. The molecule has 226 valence electrons. The van der Waals surface area contributed by atoms with Gasteiger partial charge in [-0.2, -0.15) is 0 Å². The number of aromatic amines is 1. The monoisotopic (exact) mass is 590 g/mol. The number of nitrogens with one attached hydrogen (secondary N) is 4. The van der Waals surface area contributed by atoms with Crippen molar-refractivity contribution in [3.8, 4) is 0 Å². The molecule has 0 fully saturated rings. The zero-order valence-electron chi connectivity index (χ0n) is 24.7. The van der Waals surface area contributed by atoms with Gasteiger partial charge in [-0.25, -0.2) is 4.98 Å². The molecule has 2 atom stereocenters. The van der Waals surface area contributed by atoms with Crippen molar-refractivity contribution < 1.29 is 9.59 Å². The standard InChI is InChI=1S/C34H38N8O2/c1-22(25-13-6-9-23-8-2-3-10-26(23)25)41-33(44)30(14-7-17-40-34(35)36)42-32(43)29-16-15-24(27-11-4-5-12-28(27)29)20-37-21-31-38-18-19-39-31/h2-6,8-13,15-16,18-19,22,30,37H,7,14,17,20-21H2,1H3,(H,38,39)(H,41,44)(H,42,43)(H4,35,36,40)/t22-,30?/m0/s1. The first kappa shape index (κ1) is 30.2. The SMILES string of the molecule is C[C@H](NC(=O)C(CCCN=C(N)N)NC(=O)c1ccc(CNCc2ncc[nH]2)c2ccccc12)c1cccc2ccccc12. The van der Waals surface area contributed by atoms with Crippen molar-refractivity contribution in [3.05, 3.63) is 114 Å². The molecular weight excluding hydrogens is 552 g/mol. The van der Waals surface area contributed by atoms with Gasteiger partial charge in [0.25, 0.3) is 5.91 Å². The van der Waals surface area contributed by atoms with Crippen LogP contribution in [-0.2, 0) is 17.9 Å². The van der Waals surface area contributed by atoms with Crippen molar-refractivity contribution in [2.24, 2.45) is 16.5 Å². The Hall–Kier alpha value is -5.22. The van der Waals surface area contributed by atoms with Gasteiger partial charge in [0.05, 0.1) is 12.6 Å². The third-order valence-corrected chi connectivity index (χ3v) is 7.64. The molecule has 0 bridgehead atoms. The van der Waals surface area contributed by atoms with Crippen LogP contribution in [0, 0.1) is 0 Å². The predicted octanol–water partition coefficient (Wildman–Crippen LogP) is 4.04. The quantitative estimate of drug-likeness (QED) is 0.0689. The van der Waals surface area contributed by atoms with E-state index < -0.39 is 6.04 Å². The van der Waals surface area contributed by atoms with E-state index in [2.05, 4.69) is 30.9 Å². The first-order valence-corrected chi connectivity index (χ1v) is 14.7. The normalized spacial score (nSPS) is 12.5. The Morgan fingerprint density at radius 2 is 1.64 bits per heavy atom. The molecule has 0 aliphatic carbocycles. The summed E-state index contributed by atoms with van der Waals surface area (Å²) in [5.74, 6) is 0.247. The fourth-order valence-corrected chi connectivity index (χ4v) is 5.45. The minimum Gasteiger partial charge on any atom is -0.370 e. The van der Waals surface area contributed by atoms with Crippen LogP contribution in [0.3, 0.4) is 0 Å². The molecule has 1 unspecified atom stereocenters. The minimum absolute atomic E-state index is 0.00942. The van der Waals surface area contributed by atoms with Gasteiger partial charge >= 0.3 is 0 Å². The molecule has 0 radical (unpaired) electrons. The summed E-state index contributed by atoms with van der Waals surface area (Å²) < 4.78 is 0. The summed E-state index contributed by atoms with van der Waals surface area (Å²) in [6, 6.07) is 24.6. The van der Waals surface area contributed by atoms with Crippen molar-refractivity contribution in [1.29, 1.82) is 0 Å². The second-order valence-electron chi connectivity index (χ2n) is 10.7. The highest BCUT2D eigenvalue weighted by molar-refractivity contribution is 6.09. The number of nitrogens with zero attached hydrogens (tertiary/aromatic N) is 2. The second kappa shape index (κ2) is 14.3. The molecule has 0 saturated heterocycles. The number of carbonyl (C=O) groups excluding carboxylic acids is 2. The summed E-state index contributed by atoms with van der Waals surface area (Å²) in [6.07, 6.45) is 4.39. The Labute approximate surface area is 256 Å². The van der Waals surface area contributed by atoms with E-state index >= 15 is 0 Å². The van der Waals surface area contributed by atoms with Crippen molar-refractivity contribution in [2.45, 2.75) is 44.9 Å². The van der Waals surface area contributed by atoms with Gasteiger partial charge in [-0.15, -0.1) is 0 Å². The van der Waals surface area contributed by atoms with E-state index in [-0.39, 0.29) is 23.8 Å². The largest absolute Gasteiger partial charge is 0.370 e. The fourth-order valence-electron chi connectivity index (χ4n) is 5.45. The number of guanidine groups is 1. The van der Waals surface area contributed by atoms with Gasteiger partial charge in [0.15, 0.2) is 5.96 Å². The number of fused-ring (bicyclic) bond motifs is 2. The number of aliphatic imine (C=N–C) groups is 1. The van der Waals surface area contributed by atoms with Crippen LogP contribution in [0.15, 0.2) is 96.2 Å². The van der Waals surface area contributed by atoms with Crippen LogP contribution in [-0.4, -0.2) is 40.3 Å². The topological polar surface area (TPSA) is 163 Å². The maximum atomic E-state index is 13.7. The molecule has 10 nitrogen and oxygen atoms in total. The maximum absolute atomic E-state index is 13.7. The average Bonchev–Trinajstić information content (AvgIpc) is 3.55. The molecule has 44 heavy (non-hydrogen) atoms. The highest BCUT2D eigenvalue weighted by Gasteiger charge is 2.24. The molecule has 0 aliphatic heterocycles. The molecule has 10 heteroatoms. The molecule has 5 rings (SSSR count). The lowest BCUT2D eigenvalue weighted by molar-refractivity contribution is -0.123. The van der Waals surface area contributed by atoms with Crippen molar-refractivity contribution in [1.82, 2.24) is 25.9 Å². The van der Waals surface area contributed by atoms with Gasteiger partial charge in [0.2, 0.25) is 5.91 Å². The van der Waals surface area contributed by atoms with Gasteiger partial charge in [-0.05, 0) is 58.5 Å². The lowest BCUT2D eigenvalue weighted by Crippen LogP contribution is -2.47. The number of nitrogens with two attached hydrogens (primary N) is 2. The molecule has 5 aromatic rings. The highest BCUT2D eigenvalue weighted by atomic mass is 16.2. The summed E-state index contributed by atoms with van der Waals surface area (Å²) in [4.78, 5) is 38.8. The average molecular weight is 591 g/mol. The fraction of sp³-hybridized carbons (Fsp3) is 0.235. The Kier molecular flexibility index (Phi) is 9.83. The first-order chi connectivity index (χ1) is 21.4. The molecule has 0 saturated carbocycles. The Balaban J connectivity index is 1.34. The number of imidazole rings is 1. The van der Waals surface area contributed by atoms with Crippen LogP contribution >= 0.6 is 0 Å². The Morgan fingerprint density at radius 3 is 2.41 bits per heavy atom. The summed E-state index contributed by atoms with van der Waals surface area (Å²) >= 11 is 0. The summed E-state index contributed by atoms with van der Waals surface area (Å²) in [5.41, 5.74) is 13.5. The van der Waals surface area contributed by atoms with E-state index in [1.807, 2.05) is 85.8 Å². The molecule has 1 heterocycles. The minimum atomic E-state index is -0.789. The maximum Gasteiger partial charge on any atom is 0.252 e. The number of carbonyl (C=O) groups is 2. The van der Waals surface area contributed by atoms with Crippen LogP contribution < -0.4 is 27.4 Å². The third-order valence-electron chi connectivity index (χ3n) is 7.64. The molecule has 8 N–H and O–H groups in total. The van der Waals surface area contributed by atoms with Crippen LogP contribution in [0.5, 0.6) is 0 Å². The number of amides is 2. The van der Waals surface area contributed by atoms with Crippen LogP contribution in [0.1, 0.15) is 53.1 Å². The van der Waals surface area contributed by atoms with Gasteiger partial charge in [0, 0.05) is 31.0 Å². The molecule has 0 aliphatic rings. The smallest absolute Gasteiger partial charge is 0.252 e. The van der Waals surface area contributed by atoms with Crippen molar-refractivity contribution in [2.75, 3.05) is 6.54 Å². The zero-order valence-corrected chi connectivity index (χ0v) is 24.7. The third kappa shape index (κ3) is 7.40. The van der Waals surface area contributed by atoms with E-state index in [4.69, 9.17) is 11.5 Å². The van der Waals surface area contributed by atoms with Crippen LogP contribution in [0.25, 0.3) is 21.5 Å². The number of hydrogen-bond acceptors (Lipinski definition) is 5. The van der Waals surface area contributed by atoms with Gasteiger partial charge < -0.3 is 32.4 Å². The van der Waals surface area contributed by atoms with Crippen LogP contribution in [0.4, 0.5) is 0 Å². The molecular formula is C34H38N8O2. The van der Waals surface area contributed by atoms with E-state index in [0.717, 1.165) is 38.5 Å². The zero-order chi connectivity index (χ0) is 30.9. The van der Waals surface area contributed by atoms with E-state index in [9.17, 15) is 9.59 Å².